The smallest absolute Gasteiger partial charge is 0.266 e. The van der Waals surface area contributed by atoms with Gasteiger partial charge in [0.05, 0.1) is 17.7 Å². The Balaban J connectivity index is 1.59. The molecule has 2 fully saturated rings. The minimum Gasteiger partial charge on any atom is -0.504 e. The average Bonchev–Trinajstić information content (AvgIpc) is 3.10. The zero-order valence-electron chi connectivity index (χ0n) is 18.2. The Labute approximate surface area is 197 Å². The van der Waals surface area contributed by atoms with E-state index >= 15 is 0 Å². The number of amidine groups is 1. The minimum absolute atomic E-state index is 0.0560. The van der Waals surface area contributed by atoms with Gasteiger partial charge in [-0.1, -0.05) is 11.6 Å². The average molecular weight is 472 g/mol. The molecule has 0 radical (unpaired) electrons. The van der Waals surface area contributed by atoms with Crippen molar-refractivity contribution in [3.63, 3.8) is 0 Å². The Morgan fingerprint density at radius 2 is 1.91 bits per heavy atom. The van der Waals surface area contributed by atoms with Crippen LogP contribution in [0.2, 0.25) is 5.02 Å². The van der Waals surface area contributed by atoms with E-state index in [-0.39, 0.29) is 17.4 Å². The van der Waals surface area contributed by atoms with Gasteiger partial charge < -0.3 is 14.7 Å². The molecule has 0 unspecified atom stereocenters. The first-order chi connectivity index (χ1) is 15.5. The van der Waals surface area contributed by atoms with Gasteiger partial charge in [0.25, 0.3) is 5.91 Å². The van der Waals surface area contributed by atoms with Gasteiger partial charge in [-0.05, 0) is 74.4 Å². The molecule has 2 aliphatic heterocycles. The van der Waals surface area contributed by atoms with Crippen LogP contribution in [0.5, 0.6) is 11.5 Å². The van der Waals surface area contributed by atoms with Crippen molar-refractivity contribution < 1.29 is 14.6 Å². The third-order valence-corrected chi connectivity index (χ3v) is 6.80. The number of carbonyl (C=O) groups excluding carboxylic acids is 1. The summed E-state index contributed by atoms with van der Waals surface area (Å²) in [6.45, 7) is 4.60. The summed E-state index contributed by atoms with van der Waals surface area (Å²) in [6, 6.07) is 11.3. The number of benzene rings is 2. The van der Waals surface area contributed by atoms with E-state index < -0.39 is 0 Å². The maximum Gasteiger partial charge on any atom is 0.266 e. The molecule has 4 rings (SSSR count). The second-order valence-corrected chi connectivity index (χ2v) is 9.11. The number of anilines is 1. The highest BCUT2D eigenvalue weighted by molar-refractivity contribution is 8.18. The highest BCUT2D eigenvalue weighted by atomic mass is 35.5. The number of likely N-dealkylation sites (N-methyl/N-ethyl adjacent to an activating group) is 1. The van der Waals surface area contributed by atoms with E-state index in [9.17, 15) is 9.90 Å². The summed E-state index contributed by atoms with van der Waals surface area (Å²) in [5, 5.41) is 11.4. The summed E-state index contributed by atoms with van der Waals surface area (Å²) in [5.74, 6) is 0.0499. The van der Waals surface area contributed by atoms with E-state index in [0.29, 0.717) is 27.2 Å². The fourth-order valence-corrected chi connectivity index (χ4v) is 5.14. The van der Waals surface area contributed by atoms with Crippen LogP contribution in [0.1, 0.15) is 31.7 Å². The minimum atomic E-state index is -0.153. The van der Waals surface area contributed by atoms with Crippen molar-refractivity contribution in [3.8, 4) is 11.5 Å². The van der Waals surface area contributed by atoms with E-state index in [0.717, 1.165) is 18.8 Å². The molecule has 0 aliphatic carbocycles. The predicted octanol–water partition coefficient (Wildman–Crippen LogP) is 5.67. The van der Waals surface area contributed by atoms with Crippen LogP contribution in [0.3, 0.4) is 0 Å². The number of aliphatic imine (C=N–C) groups is 1. The summed E-state index contributed by atoms with van der Waals surface area (Å²) in [6.07, 6.45) is 5.40. The SMILES string of the molecule is CCN1C(=O)/C(=C/c2cc(Cl)cc(OC)c2O)SC1=Nc1ccc(N2CCCCC2)cc1. The summed E-state index contributed by atoms with van der Waals surface area (Å²) in [4.78, 5) is 22.2. The largest absolute Gasteiger partial charge is 0.504 e. The number of ether oxygens (including phenoxy) is 1. The lowest BCUT2D eigenvalue weighted by Gasteiger charge is -2.28. The lowest BCUT2D eigenvalue weighted by atomic mass is 10.1. The monoisotopic (exact) mass is 471 g/mol. The molecule has 0 aromatic heterocycles. The molecule has 2 aliphatic rings. The summed E-state index contributed by atoms with van der Waals surface area (Å²) < 4.78 is 5.16. The molecular weight excluding hydrogens is 446 g/mol. The van der Waals surface area contributed by atoms with Crippen molar-refractivity contribution >= 4 is 51.9 Å². The maximum atomic E-state index is 13.0. The zero-order chi connectivity index (χ0) is 22.7. The first-order valence-electron chi connectivity index (χ1n) is 10.7. The zero-order valence-corrected chi connectivity index (χ0v) is 19.7. The third kappa shape index (κ3) is 4.74. The highest BCUT2D eigenvalue weighted by Gasteiger charge is 2.32. The number of hydrogen-bond acceptors (Lipinski definition) is 6. The lowest BCUT2D eigenvalue weighted by Crippen LogP contribution is -2.29. The van der Waals surface area contributed by atoms with Crippen molar-refractivity contribution in [2.24, 2.45) is 4.99 Å². The fourth-order valence-electron chi connectivity index (χ4n) is 3.87. The number of halogens is 1. The molecule has 2 aromatic rings. The third-order valence-electron chi connectivity index (χ3n) is 5.58. The normalized spacial score (nSPS) is 19.3. The number of aromatic hydroxyl groups is 1. The van der Waals surface area contributed by atoms with E-state index in [1.54, 1.807) is 17.0 Å². The van der Waals surface area contributed by atoms with E-state index in [1.165, 1.54) is 49.9 Å². The summed E-state index contributed by atoms with van der Waals surface area (Å²) >= 11 is 7.42. The van der Waals surface area contributed by atoms with Gasteiger partial charge >= 0.3 is 0 Å². The van der Waals surface area contributed by atoms with E-state index in [1.807, 2.05) is 19.1 Å². The highest BCUT2D eigenvalue weighted by Crippen LogP contribution is 2.39. The number of methoxy groups -OCH3 is 1. The van der Waals surface area contributed by atoms with Gasteiger partial charge in [-0.25, -0.2) is 4.99 Å². The molecule has 0 bridgehead atoms. The van der Waals surface area contributed by atoms with Crippen molar-refractivity contribution in [1.29, 1.82) is 0 Å². The van der Waals surface area contributed by atoms with Gasteiger partial charge in [0, 0.05) is 42.0 Å². The first kappa shape index (κ1) is 22.6. The van der Waals surface area contributed by atoms with Crippen LogP contribution >= 0.6 is 23.4 Å². The fraction of sp³-hybridized carbons (Fsp3) is 0.333. The molecule has 2 saturated heterocycles. The Morgan fingerprint density at radius 1 is 1.19 bits per heavy atom. The second-order valence-electron chi connectivity index (χ2n) is 7.66. The molecule has 2 heterocycles. The number of amides is 1. The number of phenolic OH excluding ortho intramolecular Hbond substituents is 1. The summed E-state index contributed by atoms with van der Waals surface area (Å²) in [5.41, 5.74) is 2.43. The lowest BCUT2D eigenvalue weighted by molar-refractivity contribution is -0.122. The van der Waals surface area contributed by atoms with Crippen LogP contribution in [-0.4, -0.2) is 47.8 Å². The molecule has 0 atom stereocenters. The van der Waals surface area contributed by atoms with Gasteiger partial charge in [-0.15, -0.1) is 0 Å². The molecule has 6 nitrogen and oxygen atoms in total. The molecule has 32 heavy (non-hydrogen) atoms. The van der Waals surface area contributed by atoms with Crippen molar-refractivity contribution in [1.82, 2.24) is 4.90 Å². The summed E-state index contributed by atoms with van der Waals surface area (Å²) in [7, 11) is 1.46. The number of hydrogen-bond donors (Lipinski definition) is 1. The number of nitrogens with zero attached hydrogens (tertiary/aromatic N) is 3. The number of piperidine rings is 1. The quantitative estimate of drug-likeness (QED) is 0.569. The van der Waals surface area contributed by atoms with Gasteiger partial charge in [0.15, 0.2) is 16.7 Å². The topological polar surface area (TPSA) is 65.4 Å². The van der Waals surface area contributed by atoms with Crippen molar-refractivity contribution in [2.75, 3.05) is 31.6 Å². The Morgan fingerprint density at radius 3 is 2.56 bits per heavy atom. The van der Waals surface area contributed by atoms with Crippen LogP contribution in [0.25, 0.3) is 6.08 Å². The molecule has 0 spiro atoms. The molecule has 1 N–H and O–H groups in total. The molecule has 1 amide bonds. The number of thioether (sulfide) groups is 1. The standard InChI is InChI=1S/C24H26ClN3O3S/c1-3-28-23(30)21(14-16-13-17(25)15-20(31-2)22(16)29)32-24(28)26-18-7-9-19(10-8-18)27-11-5-4-6-12-27/h7-10,13-15,29H,3-6,11-12H2,1-2H3/b21-14-,26-24?. The Kier molecular flexibility index (Phi) is 6.96. The predicted molar refractivity (Wildman–Crippen MR) is 132 cm³/mol. The molecular formula is C24H26ClN3O3S. The Bertz CT molecular complexity index is 1060. The van der Waals surface area contributed by atoms with E-state index in [2.05, 4.69) is 17.0 Å². The van der Waals surface area contributed by atoms with Crippen LogP contribution in [-0.2, 0) is 4.79 Å². The van der Waals surface area contributed by atoms with Crippen molar-refractivity contribution in [3.05, 3.63) is 51.9 Å². The van der Waals surface area contributed by atoms with Gasteiger partial charge in [0.2, 0.25) is 0 Å². The molecule has 2 aromatic carbocycles. The molecule has 0 saturated carbocycles. The number of phenols is 1. The number of carbonyl (C=O) groups is 1. The van der Waals surface area contributed by atoms with Crippen LogP contribution in [0.15, 0.2) is 46.3 Å². The van der Waals surface area contributed by atoms with E-state index in [4.69, 9.17) is 21.3 Å². The molecule has 168 valence electrons. The van der Waals surface area contributed by atoms with Gasteiger partial charge in [-0.3, -0.25) is 9.69 Å². The van der Waals surface area contributed by atoms with Gasteiger partial charge in [0.1, 0.15) is 0 Å². The first-order valence-corrected chi connectivity index (χ1v) is 11.9. The maximum absolute atomic E-state index is 13.0. The second kappa shape index (κ2) is 9.88. The molecule has 8 heteroatoms. The number of rotatable bonds is 5. The van der Waals surface area contributed by atoms with Crippen LogP contribution < -0.4 is 9.64 Å². The van der Waals surface area contributed by atoms with Crippen molar-refractivity contribution in [2.45, 2.75) is 26.2 Å². The van der Waals surface area contributed by atoms with Crippen LogP contribution in [0.4, 0.5) is 11.4 Å². The van der Waals surface area contributed by atoms with Crippen LogP contribution in [0, 0.1) is 0 Å². The van der Waals surface area contributed by atoms with Gasteiger partial charge in [-0.2, -0.15) is 0 Å². The Hall–Kier alpha value is -2.64.